The largest absolute Gasteiger partial charge is 0.490 e. The van der Waals surface area contributed by atoms with Crippen molar-refractivity contribution in [3.8, 4) is 11.5 Å². The zero-order valence-corrected chi connectivity index (χ0v) is 21.1. The molecule has 0 aliphatic carbocycles. The number of aryl methyl sites for hydroxylation is 1. The van der Waals surface area contributed by atoms with Crippen molar-refractivity contribution in [1.29, 1.82) is 0 Å². The number of hydrogen-bond donors (Lipinski definition) is 2. The van der Waals surface area contributed by atoms with E-state index in [4.69, 9.17) is 9.47 Å². The molecule has 31 heavy (non-hydrogen) atoms. The number of halogens is 1. The van der Waals surface area contributed by atoms with Gasteiger partial charge in [-0.15, -0.1) is 24.0 Å². The Labute approximate surface area is 202 Å². The third kappa shape index (κ3) is 9.63. The van der Waals surface area contributed by atoms with Crippen LogP contribution in [0.25, 0.3) is 0 Å². The lowest BCUT2D eigenvalue weighted by Crippen LogP contribution is -2.38. The second-order valence-corrected chi connectivity index (χ2v) is 6.76. The van der Waals surface area contributed by atoms with E-state index < -0.39 is 0 Å². The van der Waals surface area contributed by atoms with Crippen LogP contribution in [0.5, 0.6) is 11.5 Å². The molecule has 1 aromatic carbocycles. The highest BCUT2D eigenvalue weighted by Gasteiger charge is 2.06. The van der Waals surface area contributed by atoms with Gasteiger partial charge in [-0.05, 0) is 56.9 Å². The fourth-order valence-electron chi connectivity index (χ4n) is 3.06. The van der Waals surface area contributed by atoms with Gasteiger partial charge < -0.3 is 24.7 Å². The molecule has 172 valence electrons. The van der Waals surface area contributed by atoms with E-state index in [-0.39, 0.29) is 29.5 Å². The van der Waals surface area contributed by atoms with E-state index in [1.165, 1.54) is 5.56 Å². The molecule has 0 radical (unpaired) electrons. The van der Waals surface area contributed by atoms with Gasteiger partial charge in [-0.3, -0.25) is 9.79 Å². The molecule has 0 unspecified atom stereocenters. The molecule has 0 fully saturated rings. The first-order chi connectivity index (χ1) is 14.7. The van der Waals surface area contributed by atoms with Crippen LogP contribution in [0.15, 0.2) is 52.4 Å². The molecule has 0 aliphatic heterocycles. The summed E-state index contributed by atoms with van der Waals surface area (Å²) in [6.07, 6.45) is 4.57. The second kappa shape index (κ2) is 15.6. The third-order valence-electron chi connectivity index (χ3n) is 4.55. The summed E-state index contributed by atoms with van der Waals surface area (Å²) in [5.74, 6) is 2.35. The second-order valence-electron chi connectivity index (χ2n) is 6.76. The van der Waals surface area contributed by atoms with E-state index in [0.717, 1.165) is 56.4 Å². The van der Waals surface area contributed by atoms with Crippen LogP contribution in [-0.4, -0.2) is 43.9 Å². The molecular formula is C23H35IN4O3. The highest BCUT2D eigenvalue weighted by molar-refractivity contribution is 14.0. The van der Waals surface area contributed by atoms with Crippen molar-refractivity contribution in [2.75, 3.05) is 33.4 Å². The van der Waals surface area contributed by atoms with Crippen molar-refractivity contribution >= 4 is 29.9 Å². The number of nitrogens with zero attached hydrogens (tertiary/aromatic N) is 2. The molecule has 0 spiro atoms. The first-order valence-electron chi connectivity index (χ1n) is 10.7. The van der Waals surface area contributed by atoms with Crippen LogP contribution in [0.2, 0.25) is 0 Å². The number of pyridine rings is 1. The Hall–Kier alpha value is -2.23. The molecular weight excluding hydrogens is 507 g/mol. The van der Waals surface area contributed by atoms with Gasteiger partial charge in [-0.25, -0.2) is 0 Å². The van der Waals surface area contributed by atoms with Crippen LogP contribution in [0.4, 0.5) is 0 Å². The number of hydrogen-bond acceptors (Lipinski definition) is 4. The summed E-state index contributed by atoms with van der Waals surface area (Å²) in [6.45, 7) is 7.46. The molecule has 2 aromatic rings. The van der Waals surface area contributed by atoms with E-state index in [2.05, 4.69) is 21.7 Å². The van der Waals surface area contributed by atoms with Gasteiger partial charge in [0, 0.05) is 38.9 Å². The quantitative estimate of drug-likeness (QED) is 0.186. The van der Waals surface area contributed by atoms with Crippen molar-refractivity contribution in [3.63, 3.8) is 0 Å². The van der Waals surface area contributed by atoms with Crippen LogP contribution in [0.1, 0.15) is 32.3 Å². The number of ether oxygens (including phenoxy) is 2. The van der Waals surface area contributed by atoms with Gasteiger partial charge in [0.25, 0.3) is 0 Å². The Morgan fingerprint density at radius 1 is 1.00 bits per heavy atom. The minimum absolute atomic E-state index is 0. The summed E-state index contributed by atoms with van der Waals surface area (Å²) in [5.41, 5.74) is 1.22. The summed E-state index contributed by atoms with van der Waals surface area (Å²) in [6, 6.07) is 11.3. The van der Waals surface area contributed by atoms with Gasteiger partial charge >= 0.3 is 0 Å². The number of aromatic nitrogens is 1. The van der Waals surface area contributed by atoms with E-state index in [1.54, 1.807) is 23.7 Å². The summed E-state index contributed by atoms with van der Waals surface area (Å²) >= 11 is 0. The maximum absolute atomic E-state index is 11.7. The molecule has 2 N–H and O–H groups in total. The number of nitrogens with one attached hydrogen (secondary N) is 2. The molecule has 0 bridgehead atoms. The Bertz CT molecular complexity index is 855. The Morgan fingerprint density at radius 3 is 2.45 bits per heavy atom. The van der Waals surface area contributed by atoms with Gasteiger partial charge in [0.15, 0.2) is 17.5 Å². The number of rotatable bonds is 12. The van der Waals surface area contributed by atoms with Crippen molar-refractivity contribution in [2.45, 2.75) is 39.7 Å². The number of guanidine groups is 1. The SMILES string of the molecule is CCOc1ccc(CCNC(=NC)NCCCCn2ccccc2=O)cc1OCC.I. The van der Waals surface area contributed by atoms with Crippen molar-refractivity contribution in [3.05, 3.63) is 58.5 Å². The van der Waals surface area contributed by atoms with E-state index in [1.807, 2.05) is 38.2 Å². The summed E-state index contributed by atoms with van der Waals surface area (Å²) in [5, 5.41) is 6.66. The lowest BCUT2D eigenvalue weighted by atomic mass is 10.1. The van der Waals surface area contributed by atoms with E-state index in [9.17, 15) is 4.79 Å². The normalized spacial score (nSPS) is 10.9. The van der Waals surface area contributed by atoms with Crippen molar-refractivity contribution in [1.82, 2.24) is 15.2 Å². The minimum atomic E-state index is 0. The molecule has 2 rings (SSSR count). The zero-order valence-electron chi connectivity index (χ0n) is 18.7. The maximum Gasteiger partial charge on any atom is 0.250 e. The monoisotopic (exact) mass is 542 g/mol. The number of aliphatic imine (C=N–C) groups is 1. The van der Waals surface area contributed by atoms with Crippen LogP contribution in [0, 0.1) is 0 Å². The average molecular weight is 542 g/mol. The van der Waals surface area contributed by atoms with Crippen molar-refractivity contribution < 1.29 is 9.47 Å². The zero-order chi connectivity index (χ0) is 21.6. The molecule has 1 aromatic heterocycles. The maximum atomic E-state index is 11.7. The van der Waals surface area contributed by atoms with Crippen LogP contribution in [-0.2, 0) is 13.0 Å². The Balaban J connectivity index is 0.00000480. The molecule has 7 nitrogen and oxygen atoms in total. The summed E-state index contributed by atoms with van der Waals surface area (Å²) < 4.78 is 13.0. The van der Waals surface area contributed by atoms with Gasteiger partial charge in [0.05, 0.1) is 13.2 Å². The third-order valence-corrected chi connectivity index (χ3v) is 4.55. The van der Waals surface area contributed by atoms with Gasteiger partial charge in [-0.1, -0.05) is 12.1 Å². The van der Waals surface area contributed by atoms with E-state index in [0.29, 0.717) is 13.2 Å². The van der Waals surface area contributed by atoms with Crippen molar-refractivity contribution in [2.24, 2.45) is 4.99 Å². The fourth-order valence-corrected chi connectivity index (χ4v) is 3.06. The van der Waals surface area contributed by atoms with Gasteiger partial charge in [0.2, 0.25) is 5.56 Å². The first-order valence-corrected chi connectivity index (χ1v) is 10.7. The number of benzene rings is 1. The average Bonchev–Trinajstić information content (AvgIpc) is 2.75. The van der Waals surface area contributed by atoms with Crippen LogP contribution >= 0.6 is 24.0 Å². The summed E-state index contributed by atoms with van der Waals surface area (Å²) in [7, 11) is 1.77. The van der Waals surface area contributed by atoms with Crippen LogP contribution in [0.3, 0.4) is 0 Å². The van der Waals surface area contributed by atoms with Gasteiger partial charge in [-0.2, -0.15) is 0 Å². The highest BCUT2D eigenvalue weighted by atomic mass is 127. The molecule has 0 atom stereocenters. The predicted molar refractivity (Wildman–Crippen MR) is 137 cm³/mol. The lowest BCUT2D eigenvalue weighted by Gasteiger charge is -2.14. The minimum Gasteiger partial charge on any atom is -0.490 e. The van der Waals surface area contributed by atoms with Gasteiger partial charge in [0.1, 0.15) is 0 Å². The topological polar surface area (TPSA) is 76.9 Å². The fraction of sp³-hybridized carbons (Fsp3) is 0.478. The van der Waals surface area contributed by atoms with E-state index >= 15 is 0 Å². The highest BCUT2D eigenvalue weighted by Crippen LogP contribution is 2.28. The Kier molecular flexibility index (Phi) is 13.4. The molecule has 1 heterocycles. The molecule has 0 amide bonds. The molecule has 8 heteroatoms. The Morgan fingerprint density at radius 2 is 1.74 bits per heavy atom. The first kappa shape index (κ1) is 26.8. The number of unbranched alkanes of at least 4 members (excludes halogenated alkanes) is 1. The predicted octanol–water partition coefficient (Wildman–Crippen LogP) is 3.45. The smallest absolute Gasteiger partial charge is 0.250 e. The summed E-state index contributed by atoms with van der Waals surface area (Å²) in [4.78, 5) is 16.0. The molecule has 0 aliphatic rings. The molecule has 0 saturated heterocycles. The molecule has 0 saturated carbocycles. The van der Waals surface area contributed by atoms with Crippen LogP contribution < -0.4 is 25.7 Å². The standard InChI is InChI=1S/C23H34N4O3.HI/c1-4-29-20-12-11-19(18-21(20)30-5-2)13-15-26-23(24-3)25-14-7-9-17-27-16-8-6-10-22(27)28;/h6,8,10-12,16,18H,4-5,7,9,13-15,17H2,1-3H3,(H2,24,25,26);1H. The lowest BCUT2D eigenvalue weighted by molar-refractivity contribution is 0.287.